The zero-order chi connectivity index (χ0) is 23.6. The fraction of sp³-hybridized carbons (Fsp3) is 0.273. The second-order valence-electron chi connectivity index (χ2n) is 7.36. The third kappa shape index (κ3) is 4.40. The molecule has 10 heteroatoms. The van der Waals surface area contributed by atoms with Crippen LogP contribution in [0.5, 0.6) is 5.75 Å². The highest BCUT2D eigenvalue weighted by molar-refractivity contribution is 7.92. The second-order valence-corrected chi connectivity index (χ2v) is 9.22. The first-order valence-corrected chi connectivity index (χ1v) is 11.7. The molecule has 1 aromatic heterocycles. The van der Waals surface area contributed by atoms with Crippen molar-refractivity contribution < 1.29 is 17.9 Å². The minimum atomic E-state index is -3.80. The monoisotopic (exact) mass is 458 g/mol. The van der Waals surface area contributed by atoms with Crippen LogP contribution in [-0.2, 0) is 21.9 Å². The average molecular weight is 459 g/mol. The lowest BCUT2D eigenvalue weighted by molar-refractivity contribution is -0.116. The van der Waals surface area contributed by atoms with E-state index in [0.29, 0.717) is 22.8 Å². The van der Waals surface area contributed by atoms with Crippen molar-refractivity contribution in [1.82, 2.24) is 9.36 Å². The van der Waals surface area contributed by atoms with Crippen molar-refractivity contribution in [3.05, 3.63) is 70.6 Å². The number of ether oxygens (including phenoxy) is 1. The maximum atomic E-state index is 13.1. The van der Waals surface area contributed by atoms with Crippen LogP contribution in [0.1, 0.15) is 12.6 Å². The van der Waals surface area contributed by atoms with Gasteiger partial charge in [-0.15, -0.1) is 0 Å². The maximum absolute atomic E-state index is 13.1. The van der Waals surface area contributed by atoms with Crippen LogP contribution in [0.3, 0.4) is 0 Å². The van der Waals surface area contributed by atoms with Gasteiger partial charge >= 0.3 is 0 Å². The average Bonchev–Trinajstić information content (AvgIpc) is 2.97. The Labute approximate surface area is 186 Å². The number of hydrogen-bond acceptors (Lipinski definition) is 5. The number of nitrogens with one attached hydrogen (secondary N) is 1. The Kier molecular flexibility index (Phi) is 6.45. The number of sulfonamides is 1. The number of rotatable bonds is 7. The number of nitrogens with zero attached hydrogens (tertiary/aromatic N) is 3. The zero-order valence-corrected chi connectivity index (χ0v) is 19.4. The van der Waals surface area contributed by atoms with Crippen LogP contribution in [0.15, 0.2) is 59.4 Å². The van der Waals surface area contributed by atoms with Crippen molar-refractivity contribution in [2.75, 3.05) is 23.0 Å². The van der Waals surface area contributed by atoms with Crippen molar-refractivity contribution in [3.8, 4) is 11.4 Å². The van der Waals surface area contributed by atoms with E-state index in [1.54, 1.807) is 55.1 Å². The molecule has 1 N–H and O–H groups in total. The van der Waals surface area contributed by atoms with Gasteiger partial charge < -0.3 is 10.1 Å². The summed E-state index contributed by atoms with van der Waals surface area (Å²) in [6, 6.07) is 14.2. The highest BCUT2D eigenvalue weighted by Gasteiger charge is 2.30. The summed E-state index contributed by atoms with van der Waals surface area (Å²) in [6.07, 6.45) is 1.02. The van der Waals surface area contributed by atoms with E-state index in [1.807, 2.05) is 18.2 Å². The zero-order valence-electron chi connectivity index (χ0n) is 18.6. The molecule has 170 valence electrons. The molecule has 0 saturated heterocycles. The number of carbonyl (C=O) groups excluding carboxylic acids is 1. The third-order valence-electron chi connectivity index (χ3n) is 5.22. The number of aromatic nitrogens is 2. The quantitative estimate of drug-likeness (QED) is 0.585. The van der Waals surface area contributed by atoms with Crippen molar-refractivity contribution in [1.29, 1.82) is 0 Å². The molecule has 3 aromatic rings. The Balaban J connectivity index is 1.96. The van der Waals surface area contributed by atoms with E-state index in [2.05, 4.69) is 5.32 Å². The van der Waals surface area contributed by atoms with Gasteiger partial charge in [0.15, 0.2) is 0 Å². The Morgan fingerprint density at radius 2 is 1.69 bits per heavy atom. The lowest BCUT2D eigenvalue weighted by Crippen LogP contribution is -2.45. The minimum Gasteiger partial charge on any atom is -0.497 e. The van der Waals surface area contributed by atoms with Crippen molar-refractivity contribution in [3.63, 3.8) is 0 Å². The molecule has 0 spiro atoms. The van der Waals surface area contributed by atoms with Gasteiger partial charge in [-0.05, 0) is 50.2 Å². The molecule has 0 aliphatic rings. The van der Waals surface area contributed by atoms with E-state index in [4.69, 9.17) is 4.74 Å². The lowest BCUT2D eigenvalue weighted by atomic mass is 10.2. The summed E-state index contributed by atoms with van der Waals surface area (Å²) in [4.78, 5) is 26.1. The van der Waals surface area contributed by atoms with E-state index in [-0.39, 0.29) is 5.69 Å². The molecule has 32 heavy (non-hydrogen) atoms. The van der Waals surface area contributed by atoms with Gasteiger partial charge in [0.05, 0.1) is 30.4 Å². The molecule has 1 amide bonds. The number of hydrogen-bond donors (Lipinski definition) is 1. The summed E-state index contributed by atoms with van der Waals surface area (Å²) in [6.45, 7) is 3.17. The molecule has 0 unspecified atom stereocenters. The van der Waals surface area contributed by atoms with Crippen LogP contribution in [0, 0.1) is 6.92 Å². The normalized spacial score (nSPS) is 12.3. The van der Waals surface area contributed by atoms with Crippen molar-refractivity contribution in [2.24, 2.45) is 7.05 Å². The molecule has 0 saturated carbocycles. The van der Waals surface area contributed by atoms with Crippen molar-refractivity contribution in [2.45, 2.75) is 19.9 Å². The summed E-state index contributed by atoms with van der Waals surface area (Å²) in [5.74, 6) is -0.0714. The summed E-state index contributed by atoms with van der Waals surface area (Å²) < 4.78 is 34.2. The molecule has 0 bridgehead atoms. The first kappa shape index (κ1) is 23.1. The third-order valence-corrected chi connectivity index (χ3v) is 6.46. The van der Waals surface area contributed by atoms with E-state index in [0.717, 1.165) is 10.6 Å². The molecule has 9 nitrogen and oxygen atoms in total. The number of para-hydroxylation sites is 1. The summed E-state index contributed by atoms with van der Waals surface area (Å²) in [5, 5.41) is 2.63. The summed E-state index contributed by atoms with van der Waals surface area (Å²) in [7, 11) is -0.582. The van der Waals surface area contributed by atoms with Crippen LogP contribution >= 0.6 is 0 Å². The number of carbonyl (C=O) groups is 1. The van der Waals surface area contributed by atoms with Gasteiger partial charge in [0.2, 0.25) is 15.9 Å². The van der Waals surface area contributed by atoms with Gasteiger partial charge in [0.1, 0.15) is 17.5 Å². The smallest absolute Gasteiger partial charge is 0.295 e. The summed E-state index contributed by atoms with van der Waals surface area (Å²) in [5.41, 5.74) is 1.17. The van der Waals surface area contributed by atoms with Crippen LogP contribution < -0.4 is 19.9 Å². The molecule has 0 aliphatic carbocycles. The molecule has 0 aliphatic heterocycles. The van der Waals surface area contributed by atoms with Gasteiger partial charge in [-0.3, -0.25) is 18.6 Å². The van der Waals surface area contributed by atoms with E-state index in [1.165, 1.54) is 18.7 Å². The van der Waals surface area contributed by atoms with Crippen LogP contribution in [0.2, 0.25) is 0 Å². The molecular formula is C22H26N4O5S. The fourth-order valence-corrected chi connectivity index (χ4v) is 4.65. The van der Waals surface area contributed by atoms with E-state index < -0.39 is 27.5 Å². The topological polar surface area (TPSA) is 103 Å². The number of anilines is 2. The maximum Gasteiger partial charge on any atom is 0.295 e. The van der Waals surface area contributed by atoms with Gasteiger partial charge in [-0.2, -0.15) is 0 Å². The largest absolute Gasteiger partial charge is 0.497 e. The predicted octanol–water partition coefficient (Wildman–Crippen LogP) is 2.29. The van der Waals surface area contributed by atoms with E-state index >= 15 is 0 Å². The van der Waals surface area contributed by atoms with Gasteiger partial charge in [0, 0.05) is 7.05 Å². The van der Waals surface area contributed by atoms with E-state index in [9.17, 15) is 18.0 Å². The fourth-order valence-electron chi connectivity index (χ4n) is 3.48. The number of methoxy groups -OCH3 is 1. The van der Waals surface area contributed by atoms with Gasteiger partial charge in [-0.1, -0.05) is 18.2 Å². The Hall–Kier alpha value is -3.53. The number of amides is 1. The van der Waals surface area contributed by atoms with Crippen LogP contribution in [-0.4, -0.2) is 43.1 Å². The Morgan fingerprint density at radius 1 is 1.09 bits per heavy atom. The summed E-state index contributed by atoms with van der Waals surface area (Å²) >= 11 is 0. The standard InChI is InChI=1S/C22H26N4O5S/c1-15-20(22(28)25(24(15)3)17-9-7-6-8-10-17)23-21(27)16(2)26(32(5,29)30)18-11-13-19(31-4)14-12-18/h6-14,16H,1-5H3,(H,23,27)/t16-/m0/s1. The number of benzene rings is 2. The minimum absolute atomic E-state index is 0.0939. The molecule has 3 rings (SSSR count). The second kappa shape index (κ2) is 8.91. The Morgan fingerprint density at radius 3 is 2.22 bits per heavy atom. The Bertz CT molecular complexity index is 1280. The molecule has 1 atom stereocenters. The van der Waals surface area contributed by atoms with Gasteiger partial charge in [-0.25, -0.2) is 13.1 Å². The predicted molar refractivity (Wildman–Crippen MR) is 124 cm³/mol. The highest BCUT2D eigenvalue weighted by Crippen LogP contribution is 2.24. The van der Waals surface area contributed by atoms with Gasteiger partial charge in [0.25, 0.3) is 5.56 Å². The van der Waals surface area contributed by atoms with Crippen LogP contribution in [0.25, 0.3) is 5.69 Å². The lowest BCUT2D eigenvalue weighted by Gasteiger charge is -2.28. The molecule has 0 radical (unpaired) electrons. The molecule has 0 fully saturated rings. The van der Waals surface area contributed by atoms with Crippen LogP contribution in [0.4, 0.5) is 11.4 Å². The van der Waals surface area contributed by atoms with Crippen molar-refractivity contribution >= 4 is 27.3 Å². The molecular weight excluding hydrogens is 432 g/mol. The molecule has 1 heterocycles. The molecule has 2 aromatic carbocycles. The SMILES string of the molecule is COc1ccc(N([C@@H](C)C(=O)Nc2c(C)n(C)n(-c3ccccc3)c2=O)S(C)(=O)=O)cc1. The first-order valence-electron chi connectivity index (χ1n) is 9.84. The highest BCUT2D eigenvalue weighted by atomic mass is 32.2. The first-order chi connectivity index (χ1) is 15.1.